The zero-order valence-electron chi connectivity index (χ0n) is 10.7. The number of ether oxygens (including phenoxy) is 1. The molecule has 0 saturated heterocycles. The highest BCUT2D eigenvalue weighted by molar-refractivity contribution is 9.10. The van der Waals surface area contributed by atoms with Crippen molar-refractivity contribution in [2.75, 3.05) is 6.26 Å². The van der Waals surface area contributed by atoms with E-state index in [0.29, 0.717) is 21.1 Å². The molecule has 0 radical (unpaired) electrons. The molecule has 0 spiro atoms. The SMILES string of the molecule is Cc1cc(Oc2ccc(S(C)(=O)=O)cc2Br)cc(Cl)n1. The van der Waals surface area contributed by atoms with Crippen molar-refractivity contribution in [3.8, 4) is 11.5 Å². The van der Waals surface area contributed by atoms with Gasteiger partial charge in [-0.05, 0) is 41.1 Å². The maximum Gasteiger partial charge on any atom is 0.175 e. The van der Waals surface area contributed by atoms with Crippen molar-refractivity contribution < 1.29 is 13.2 Å². The van der Waals surface area contributed by atoms with Crippen LogP contribution in [-0.2, 0) is 9.84 Å². The van der Waals surface area contributed by atoms with Gasteiger partial charge in [0, 0.05) is 24.1 Å². The smallest absolute Gasteiger partial charge is 0.175 e. The molecule has 4 nitrogen and oxygen atoms in total. The number of hydrogen-bond donors (Lipinski definition) is 0. The second-order valence-electron chi connectivity index (χ2n) is 4.23. The van der Waals surface area contributed by atoms with Crippen LogP contribution in [0.25, 0.3) is 0 Å². The Labute approximate surface area is 130 Å². The molecular weight excluding hydrogens is 366 g/mol. The van der Waals surface area contributed by atoms with E-state index < -0.39 is 9.84 Å². The van der Waals surface area contributed by atoms with Crippen molar-refractivity contribution in [3.63, 3.8) is 0 Å². The molecule has 0 aliphatic rings. The Kier molecular flexibility index (Phi) is 4.36. The summed E-state index contributed by atoms with van der Waals surface area (Å²) >= 11 is 9.16. The number of rotatable bonds is 3. The van der Waals surface area contributed by atoms with Gasteiger partial charge in [0.2, 0.25) is 0 Å². The maximum absolute atomic E-state index is 11.5. The van der Waals surface area contributed by atoms with E-state index in [1.54, 1.807) is 25.1 Å². The molecule has 0 aliphatic heterocycles. The lowest BCUT2D eigenvalue weighted by Gasteiger charge is -2.09. The minimum atomic E-state index is -3.25. The van der Waals surface area contributed by atoms with Crippen LogP contribution in [-0.4, -0.2) is 19.7 Å². The van der Waals surface area contributed by atoms with Crippen LogP contribution in [0.1, 0.15) is 5.69 Å². The number of hydrogen-bond acceptors (Lipinski definition) is 4. The molecule has 2 aromatic rings. The van der Waals surface area contributed by atoms with Crippen molar-refractivity contribution in [1.82, 2.24) is 4.98 Å². The Balaban J connectivity index is 2.35. The topological polar surface area (TPSA) is 56.3 Å². The quantitative estimate of drug-likeness (QED) is 0.760. The van der Waals surface area contributed by atoms with Crippen molar-refractivity contribution in [1.29, 1.82) is 0 Å². The van der Waals surface area contributed by atoms with E-state index in [2.05, 4.69) is 20.9 Å². The van der Waals surface area contributed by atoms with Gasteiger partial charge in [-0.15, -0.1) is 0 Å². The number of aryl methyl sites for hydroxylation is 1. The van der Waals surface area contributed by atoms with Gasteiger partial charge in [0.05, 0.1) is 9.37 Å². The Hall–Kier alpha value is -1.11. The van der Waals surface area contributed by atoms with E-state index in [4.69, 9.17) is 16.3 Å². The first-order valence-electron chi connectivity index (χ1n) is 5.57. The van der Waals surface area contributed by atoms with E-state index in [0.717, 1.165) is 11.9 Å². The molecule has 1 aromatic carbocycles. The molecule has 0 amide bonds. The van der Waals surface area contributed by atoms with Crippen molar-refractivity contribution in [2.45, 2.75) is 11.8 Å². The summed E-state index contributed by atoms with van der Waals surface area (Å²) in [7, 11) is -3.25. The van der Waals surface area contributed by atoms with Crippen LogP contribution in [0.2, 0.25) is 5.15 Å². The van der Waals surface area contributed by atoms with Crippen molar-refractivity contribution in [3.05, 3.63) is 45.7 Å². The first kappa shape index (κ1) is 15.3. The number of halogens is 2. The summed E-state index contributed by atoms with van der Waals surface area (Å²) in [6.45, 7) is 1.81. The molecule has 0 N–H and O–H groups in total. The molecule has 2 rings (SSSR count). The summed E-state index contributed by atoms with van der Waals surface area (Å²) in [5.41, 5.74) is 0.733. The van der Waals surface area contributed by atoms with E-state index in [-0.39, 0.29) is 4.90 Å². The largest absolute Gasteiger partial charge is 0.456 e. The van der Waals surface area contributed by atoms with E-state index >= 15 is 0 Å². The number of sulfone groups is 1. The Morgan fingerprint density at radius 3 is 2.50 bits per heavy atom. The van der Waals surface area contributed by atoms with E-state index in [9.17, 15) is 8.42 Å². The minimum Gasteiger partial charge on any atom is -0.456 e. The van der Waals surface area contributed by atoms with Gasteiger partial charge in [0.25, 0.3) is 0 Å². The second kappa shape index (κ2) is 5.71. The molecule has 0 aliphatic carbocycles. The zero-order valence-corrected chi connectivity index (χ0v) is 13.9. The lowest BCUT2D eigenvalue weighted by atomic mass is 10.3. The summed E-state index contributed by atoms with van der Waals surface area (Å²) < 4.78 is 29.1. The predicted octanol–water partition coefficient (Wildman–Crippen LogP) is 4.00. The number of aromatic nitrogens is 1. The summed E-state index contributed by atoms with van der Waals surface area (Å²) in [5.74, 6) is 1.04. The minimum absolute atomic E-state index is 0.223. The fraction of sp³-hybridized carbons (Fsp3) is 0.154. The molecule has 1 heterocycles. The van der Waals surface area contributed by atoms with E-state index in [1.165, 1.54) is 12.1 Å². The standard InChI is InChI=1S/C13H11BrClNO3S/c1-8-5-9(6-13(15)16-8)19-12-4-3-10(7-11(12)14)20(2,17)18/h3-7H,1-2H3. The Bertz CT molecular complexity index is 742. The molecule has 20 heavy (non-hydrogen) atoms. The summed E-state index contributed by atoms with van der Waals surface area (Å²) in [5, 5.41) is 0.337. The molecule has 106 valence electrons. The Morgan fingerprint density at radius 1 is 1.25 bits per heavy atom. The van der Waals surface area contributed by atoms with Gasteiger partial charge in [-0.25, -0.2) is 13.4 Å². The lowest BCUT2D eigenvalue weighted by molar-refractivity contribution is 0.478. The highest BCUT2D eigenvalue weighted by Crippen LogP contribution is 2.32. The average Bonchev–Trinajstić information content (AvgIpc) is 2.29. The predicted molar refractivity (Wildman–Crippen MR) is 81.3 cm³/mol. The van der Waals surface area contributed by atoms with Crippen LogP contribution in [0, 0.1) is 6.92 Å². The fourth-order valence-electron chi connectivity index (χ4n) is 1.58. The van der Waals surface area contributed by atoms with Gasteiger partial charge >= 0.3 is 0 Å². The number of benzene rings is 1. The number of pyridine rings is 1. The molecule has 0 unspecified atom stereocenters. The van der Waals surface area contributed by atoms with Gasteiger partial charge in [-0.2, -0.15) is 0 Å². The molecule has 0 saturated carbocycles. The van der Waals surface area contributed by atoms with Crippen molar-refractivity contribution >= 4 is 37.4 Å². The van der Waals surface area contributed by atoms with Crippen LogP contribution < -0.4 is 4.74 Å². The normalized spacial score (nSPS) is 11.4. The van der Waals surface area contributed by atoms with E-state index in [1.807, 2.05) is 0 Å². The average molecular weight is 377 g/mol. The Morgan fingerprint density at radius 2 is 1.95 bits per heavy atom. The maximum atomic E-state index is 11.5. The second-order valence-corrected chi connectivity index (χ2v) is 7.49. The zero-order chi connectivity index (χ0) is 14.9. The van der Waals surface area contributed by atoms with Gasteiger partial charge in [0.15, 0.2) is 9.84 Å². The highest BCUT2D eigenvalue weighted by atomic mass is 79.9. The third-order valence-corrected chi connectivity index (χ3v) is 4.38. The fourth-order valence-corrected chi connectivity index (χ4v) is 3.08. The van der Waals surface area contributed by atoms with Crippen LogP contribution in [0.5, 0.6) is 11.5 Å². The van der Waals surface area contributed by atoms with Crippen LogP contribution >= 0.6 is 27.5 Å². The summed E-state index contributed by atoms with van der Waals surface area (Å²) in [6.07, 6.45) is 1.15. The van der Waals surface area contributed by atoms with Crippen LogP contribution in [0.15, 0.2) is 39.7 Å². The third kappa shape index (κ3) is 3.71. The van der Waals surface area contributed by atoms with Crippen molar-refractivity contribution in [2.24, 2.45) is 0 Å². The van der Waals surface area contributed by atoms with Crippen LogP contribution in [0.3, 0.4) is 0 Å². The highest BCUT2D eigenvalue weighted by Gasteiger charge is 2.11. The molecule has 0 fully saturated rings. The lowest BCUT2D eigenvalue weighted by Crippen LogP contribution is -1.97. The molecule has 0 atom stereocenters. The monoisotopic (exact) mass is 375 g/mol. The molecule has 1 aromatic heterocycles. The molecular formula is C13H11BrClNO3S. The van der Waals surface area contributed by atoms with Gasteiger partial charge in [-0.3, -0.25) is 0 Å². The van der Waals surface area contributed by atoms with Crippen LogP contribution in [0.4, 0.5) is 0 Å². The first-order chi connectivity index (χ1) is 9.25. The molecule has 0 bridgehead atoms. The first-order valence-corrected chi connectivity index (χ1v) is 8.63. The third-order valence-electron chi connectivity index (χ3n) is 2.45. The van der Waals surface area contributed by atoms with Gasteiger partial charge in [-0.1, -0.05) is 11.6 Å². The van der Waals surface area contributed by atoms with Gasteiger partial charge in [0.1, 0.15) is 16.7 Å². The van der Waals surface area contributed by atoms with Gasteiger partial charge < -0.3 is 4.74 Å². The summed E-state index contributed by atoms with van der Waals surface area (Å²) in [6, 6.07) is 7.91. The summed E-state index contributed by atoms with van der Waals surface area (Å²) in [4.78, 5) is 4.26. The molecule has 7 heteroatoms. The number of nitrogens with zero attached hydrogens (tertiary/aromatic N) is 1.